The molecule has 0 aliphatic rings. The Morgan fingerprint density at radius 1 is 1.33 bits per heavy atom. The maximum absolute atomic E-state index is 14.0. The Morgan fingerprint density at radius 2 is 2.11 bits per heavy atom. The van der Waals surface area contributed by atoms with Gasteiger partial charge in [0.25, 0.3) is 0 Å². The average Bonchev–Trinajstić information content (AvgIpc) is 2.86. The molecule has 0 saturated carbocycles. The molecule has 0 saturated heterocycles. The van der Waals surface area contributed by atoms with E-state index in [9.17, 15) is 4.39 Å². The summed E-state index contributed by atoms with van der Waals surface area (Å²) in [4.78, 5) is 2.33. The van der Waals surface area contributed by atoms with E-state index in [2.05, 4.69) is 28.9 Å². The summed E-state index contributed by atoms with van der Waals surface area (Å²) >= 11 is 5.27. The Bertz CT molecular complexity index is 538. The highest BCUT2D eigenvalue weighted by Gasteiger charge is 2.17. The van der Waals surface area contributed by atoms with Crippen molar-refractivity contribution in [2.45, 2.75) is 18.2 Å². The fourth-order valence-corrected chi connectivity index (χ4v) is 3.47. The second kappa shape index (κ2) is 5.85. The van der Waals surface area contributed by atoms with Crippen molar-refractivity contribution >= 4 is 27.3 Å². The van der Waals surface area contributed by atoms with Gasteiger partial charge in [-0.3, -0.25) is 0 Å². The van der Waals surface area contributed by atoms with Gasteiger partial charge in [0.1, 0.15) is 11.6 Å². The van der Waals surface area contributed by atoms with Crippen LogP contribution in [-0.2, 0) is 6.42 Å². The first-order valence-corrected chi connectivity index (χ1v) is 7.45. The van der Waals surface area contributed by atoms with Gasteiger partial charge in [-0.05, 0) is 24.6 Å². The first-order chi connectivity index (χ1) is 8.65. The third-order valence-electron chi connectivity index (χ3n) is 2.76. The van der Waals surface area contributed by atoms with E-state index >= 15 is 0 Å². The summed E-state index contributed by atoms with van der Waals surface area (Å²) in [6, 6.07) is 9.10. The molecule has 0 spiro atoms. The highest BCUT2D eigenvalue weighted by molar-refractivity contribution is 9.09. The number of methoxy groups -OCH3 is 1. The van der Waals surface area contributed by atoms with Gasteiger partial charge in [0, 0.05) is 21.4 Å². The molecule has 1 atom stereocenters. The van der Waals surface area contributed by atoms with Gasteiger partial charge in [-0.15, -0.1) is 11.3 Å². The normalized spacial score (nSPS) is 12.4. The Hall–Kier alpha value is -0.870. The summed E-state index contributed by atoms with van der Waals surface area (Å²) in [7, 11) is 1.53. The fourth-order valence-electron chi connectivity index (χ4n) is 1.71. The van der Waals surface area contributed by atoms with Gasteiger partial charge in [0.15, 0.2) is 0 Å². The Balaban J connectivity index is 2.30. The molecule has 1 aromatic heterocycles. The molecule has 4 heteroatoms. The van der Waals surface area contributed by atoms with Gasteiger partial charge in [0.2, 0.25) is 0 Å². The van der Waals surface area contributed by atoms with Crippen molar-refractivity contribution in [2.24, 2.45) is 0 Å². The van der Waals surface area contributed by atoms with Crippen LogP contribution < -0.4 is 4.74 Å². The molecule has 0 aliphatic carbocycles. The van der Waals surface area contributed by atoms with Crippen molar-refractivity contribution in [3.05, 3.63) is 51.5 Å². The number of benzene rings is 1. The van der Waals surface area contributed by atoms with Crippen molar-refractivity contribution < 1.29 is 9.13 Å². The summed E-state index contributed by atoms with van der Waals surface area (Å²) in [6.07, 6.45) is 1.01. The Kier molecular flexibility index (Phi) is 4.40. The first-order valence-electron chi connectivity index (χ1n) is 5.71. The second-order valence-electron chi connectivity index (χ2n) is 3.91. The topological polar surface area (TPSA) is 9.23 Å². The van der Waals surface area contributed by atoms with E-state index in [1.807, 2.05) is 6.07 Å². The molecule has 0 amide bonds. The number of aryl methyl sites for hydroxylation is 1. The molecule has 1 heterocycles. The van der Waals surface area contributed by atoms with Crippen LogP contribution in [0.15, 0.2) is 30.3 Å². The number of halogens is 2. The van der Waals surface area contributed by atoms with Gasteiger partial charge in [-0.2, -0.15) is 0 Å². The molecule has 1 aromatic carbocycles. The zero-order chi connectivity index (χ0) is 13.1. The SMILES string of the molecule is CCc1ccc(C(Br)c2ccc(OC)cc2F)s1. The standard InChI is InChI=1S/C14H14BrFOS/c1-3-10-5-7-13(18-10)14(15)11-6-4-9(17-2)8-12(11)16/h4-8,14H,3H2,1-2H3. The van der Waals surface area contributed by atoms with E-state index in [1.165, 1.54) is 18.1 Å². The molecular formula is C14H14BrFOS. The Morgan fingerprint density at radius 3 is 2.67 bits per heavy atom. The summed E-state index contributed by atoms with van der Waals surface area (Å²) < 4.78 is 19.0. The van der Waals surface area contributed by atoms with Crippen molar-refractivity contribution in [1.29, 1.82) is 0 Å². The maximum atomic E-state index is 14.0. The molecule has 2 aromatic rings. The highest BCUT2D eigenvalue weighted by atomic mass is 79.9. The van der Waals surface area contributed by atoms with E-state index in [4.69, 9.17) is 4.74 Å². The van der Waals surface area contributed by atoms with Crippen LogP contribution in [0.5, 0.6) is 5.75 Å². The van der Waals surface area contributed by atoms with E-state index in [1.54, 1.807) is 23.5 Å². The minimum absolute atomic E-state index is 0.103. The molecule has 96 valence electrons. The predicted molar refractivity (Wildman–Crippen MR) is 77.4 cm³/mol. The lowest BCUT2D eigenvalue weighted by Crippen LogP contribution is -1.95. The molecule has 0 aliphatic heterocycles. The van der Waals surface area contributed by atoms with Crippen LogP contribution in [0.1, 0.15) is 27.1 Å². The highest BCUT2D eigenvalue weighted by Crippen LogP contribution is 2.37. The molecule has 1 nitrogen and oxygen atoms in total. The molecule has 0 N–H and O–H groups in total. The lowest BCUT2D eigenvalue weighted by molar-refractivity contribution is 0.411. The number of hydrogen-bond donors (Lipinski definition) is 0. The molecule has 1 unspecified atom stereocenters. The quantitative estimate of drug-likeness (QED) is 0.722. The monoisotopic (exact) mass is 328 g/mol. The van der Waals surface area contributed by atoms with Crippen LogP contribution in [0, 0.1) is 5.82 Å². The van der Waals surface area contributed by atoms with E-state index in [0.29, 0.717) is 11.3 Å². The third-order valence-corrected chi connectivity index (χ3v) is 5.35. The third kappa shape index (κ3) is 2.75. The van der Waals surface area contributed by atoms with Crippen LogP contribution in [0.3, 0.4) is 0 Å². The van der Waals surface area contributed by atoms with E-state index in [0.717, 1.165) is 11.3 Å². The maximum Gasteiger partial charge on any atom is 0.131 e. The predicted octanol–water partition coefficient (Wildman–Crippen LogP) is 4.94. The van der Waals surface area contributed by atoms with Gasteiger partial charge in [-0.25, -0.2) is 4.39 Å². The minimum atomic E-state index is -0.248. The van der Waals surface area contributed by atoms with Crippen LogP contribution >= 0.6 is 27.3 Å². The Labute approximate surface area is 119 Å². The lowest BCUT2D eigenvalue weighted by Gasteiger charge is -2.10. The summed E-state index contributed by atoms with van der Waals surface area (Å²) in [5, 5.41) is 0. The van der Waals surface area contributed by atoms with Crippen LogP contribution in [-0.4, -0.2) is 7.11 Å². The lowest BCUT2D eigenvalue weighted by atomic mass is 10.1. The first kappa shape index (κ1) is 13.6. The molecule has 0 fully saturated rings. The number of rotatable bonds is 4. The molecule has 0 bridgehead atoms. The summed E-state index contributed by atoms with van der Waals surface area (Å²) in [5.41, 5.74) is 0.639. The molecule has 18 heavy (non-hydrogen) atoms. The van der Waals surface area contributed by atoms with Crippen molar-refractivity contribution in [2.75, 3.05) is 7.11 Å². The largest absolute Gasteiger partial charge is 0.497 e. The second-order valence-corrected chi connectivity index (χ2v) is 6.02. The number of ether oxygens (including phenoxy) is 1. The van der Waals surface area contributed by atoms with Crippen molar-refractivity contribution in [3.63, 3.8) is 0 Å². The van der Waals surface area contributed by atoms with Gasteiger partial charge in [-0.1, -0.05) is 28.9 Å². The molecule has 0 radical (unpaired) electrons. The molecule has 2 rings (SSSR count). The zero-order valence-corrected chi connectivity index (χ0v) is 12.6. The number of hydrogen-bond acceptors (Lipinski definition) is 2. The zero-order valence-electron chi connectivity index (χ0n) is 10.2. The van der Waals surface area contributed by atoms with Gasteiger partial charge in [0.05, 0.1) is 11.9 Å². The summed E-state index contributed by atoms with van der Waals surface area (Å²) in [5.74, 6) is 0.291. The van der Waals surface area contributed by atoms with E-state index < -0.39 is 0 Å². The van der Waals surface area contributed by atoms with Crippen LogP contribution in [0.4, 0.5) is 4.39 Å². The van der Waals surface area contributed by atoms with Gasteiger partial charge >= 0.3 is 0 Å². The van der Waals surface area contributed by atoms with Crippen LogP contribution in [0.2, 0.25) is 0 Å². The molecular weight excluding hydrogens is 315 g/mol. The smallest absolute Gasteiger partial charge is 0.131 e. The van der Waals surface area contributed by atoms with Crippen molar-refractivity contribution in [3.8, 4) is 5.75 Å². The van der Waals surface area contributed by atoms with Crippen molar-refractivity contribution in [1.82, 2.24) is 0 Å². The summed E-state index contributed by atoms with van der Waals surface area (Å²) in [6.45, 7) is 2.12. The van der Waals surface area contributed by atoms with Crippen LogP contribution in [0.25, 0.3) is 0 Å². The average molecular weight is 329 g/mol. The number of alkyl halides is 1. The van der Waals surface area contributed by atoms with Gasteiger partial charge < -0.3 is 4.74 Å². The number of thiophene rings is 1. The van der Waals surface area contributed by atoms with E-state index in [-0.39, 0.29) is 10.6 Å². The fraction of sp³-hybridized carbons (Fsp3) is 0.286. The minimum Gasteiger partial charge on any atom is -0.497 e.